The molecule has 0 saturated heterocycles. The number of fused-ring (bicyclic) bond motifs is 1. The monoisotopic (exact) mass is 443 g/mol. The van der Waals surface area contributed by atoms with Gasteiger partial charge in [0, 0.05) is 10.6 Å². The van der Waals surface area contributed by atoms with Gasteiger partial charge in [-0.15, -0.1) is 11.3 Å². The first-order valence-corrected chi connectivity index (χ1v) is 11.3. The lowest BCUT2D eigenvalue weighted by molar-refractivity contribution is -0.119. The summed E-state index contributed by atoms with van der Waals surface area (Å²) in [5.74, 6) is -0.850. The summed E-state index contributed by atoms with van der Waals surface area (Å²) in [4.78, 5) is 40.2. The van der Waals surface area contributed by atoms with Crippen LogP contribution in [0, 0.1) is 13.8 Å². The van der Waals surface area contributed by atoms with Crippen molar-refractivity contribution in [3.63, 3.8) is 0 Å². The van der Waals surface area contributed by atoms with Crippen LogP contribution < -0.4 is 10.6 Å². The largest absolute Gasteiger partial charge is 0.462 e. The second kappa shape index (κ2) is 10.1. The average Bonchev–Trinajstić information content (AvgIpc) is 3.25. The van der Waals surface area contributed by atoms with Gasteiger partial charge in [-0.3, -0.25) is 14.5 Å². The Morgan fingerprint density at radius 3 is 2.52 bits per heavy atom. The minimum Gasteiger partial charge on any atom is -0.462 e. The van der Waals surface area contributed by atoms with E-state index in [1.54, 1.807) is 18.9 Å². The predicted molar refractivity (Wildman–Crippen MR) is 123 cm³/mol. The van der Waals surface area contributed by atoms with Crippen LogP contribution in [0.15, 0.2) is 18.2 Å². The number of thiophene rings is 1. The van der Waals surface area contributed by atoms with Crippen molar-refractivity contribution in [3.05, 3.63) is 45.3 Å². The smallest absolute Gasteiger partial charge is 0.341 e. The molecule has 0 unspecified atom stereocenters. The minimum absolute atomic E-state index is 0.0328. The van der Waals surface area contributed by atoms with Gasteiger partial charge in [0.1, 0.15) is 5.00 Å². The number of carbonyl (C=O) groups excluding carboxylic acids is 3. The number of amides is 2. The standard InChI is InChI=1S/C23H29N3O4S/c1-5-30-23(29)21-16-7-6-8-18(16)31-22(21)25-20(28)13-26(4)12-19(27)24-17-11-14(2)9-10-15(17)3/h9-11H,5-8,12-13H2,1-4H3,(H,24,27)(H,25,28). The number of nitrogens with zero attached hydrogens (tertiary/aromatic N) is 1. The van der Waals surface area contributed by atoms with Gasteiger partial charge < -0.3 is 15.4 Å². The Bertz CT molecular complexity index is 999. The van der Waals surface area contributed by atoms with E-state index in [-0.39, 0.29) is 31.5 Å². The van der Waals surface area contributed by atoms with Crippen LogP contribution in [0.3, 0.4) is 0 Å². The van der Waals surface area contributed by atoms with E-state index in [9.17, 15) is 14.4 Å². The van der Waals surface area contributed by atoms with Gasteiger partial charge in [0.05, 0.1) is 25.3 Å². The molecule has 0 fully saturated rings. The van der Waals surface area contributed by atoms with Crippen LogP contribution in [0.5, 0.6) is 0 Å². The van der Waals surface area contributed by atoms with Crippen molar-refractivity contribution in [1.82, 2.24) is 4.90 Å². The Hall–Kier alpha value is -2.71. The van der Waals surface area contributed by atoms with Crippen LogP contribution in [0.2, 0.25) is 0 Å². The first kappa shape index (κ1) is 23.0. The number of rotatable bonds is 8. The number of benzene rings is 1. The zero-order chi connectivity index (χ0) is 22.5. The van der Waals surface area contributed by atoms with Gasteiger partial charge in [0.15, 0.2) is 0 Å². The predicted octanol–water partition coefficient (Wildman–Crippen LogP) is 3.54. The third-order valence-electron chi connectivity index (χ3n) is 5.15. The Morgan fingerprint density at radius 1 is 1.10 bits per heavy atom. The van der Waals surface area contributed by atoms with Gasteiger partial charge in [0.2, 0.25) is 11.8 Å². The molecular weight excluding hydrogens is 414 g/mol. The molecule has 1 aromatic heterocycles. The third kappa shape index (κ3) is 5.71. The summed E-state index contributed by atoms with van der Waals surface area (Å²) < 4.78 is 5.20. The molecule has 8 heteroatoms. The number of nitrogens with one attached hydrogen (secondary N) is 2. The quantitative estimate of drug-likeness (QED) is 0.610. The highest BCUT2D eigenvalue weighted by Crippen LogP contribution is 2.39. The number of anilines is 2. The number of ether oxygens (including phenoxy) is 1. The number of carbonyl (C=O) groups is 3. The molecule has 2 amide bonds. The number of hydrogen-bond donors (Lipinski definition) is 2. The molecule has 31 heavy (non-hydrogen) atoms. The molecule has 0 bridgehead atoms. The van der Waals surface area contributed by atoms with E-state index in [4.69, 9.17) is 4.74 Å². The summed E-state index contributed by atoms with van der Waals surface area (Å²) >= 11 is 1.45. The SMILES string of the molecule is CCOC(=O)c1c(NC(=O)CN(C)CC(=O)Nc2cc(C)ccc2C)sc2c1CCC2. The summed E-state index contributed by atoms with van der Waals surface area (Å²) in [6.07, 6.45) is 2.76. The molecule has 2 aromatic rings. The van der Waals surface area contributed by atoms with E-state index in [1.807, 2.05) is 32.0 Å². The summed E-state index contributed by atoms with van der Waals surface area (Å²) in [5.41, 5.74) is 4.31. The Labute approximate surface area is 186 Å². The lowest BCUT2D eigenvalue weighted by Gasteiger charge is -2.17. The van der Waals surface area contributed by atoms with Crippen LogP contribution in [0.25, 0.3) is 0 Å². The van der Waals surface area contributed by atoms with Gasteiger partial charge >= 0.3 is 5.97 Å². The van der Waals surface area contributed by atoms with E-state index in [1.165, 1.54) is 11.3 Å². The Balaban J connectivity index is 1.59. The van der Waals surface area contributed by atoms with Gasteiger partial charge in [-0.2, -0.15) is 0 Å². The van der Waals surface area contributed by atoms with E-state index < -0.39 is 5.97 Å². The van der Waals surface area contributed by atoms with Crippen LogP contribution in [-0.4, -0.2) is 49.4 Å². The summed E-state index contributed by atoms with van der Waals surface area (Å²) in [6, 6.07) is 5.88. The maximum absolute atomic E-state index is 12.6. The molecule has 1 aliphatic carbocycles. The van der Waals surface area contributed by atoms with Gasteiger partial charge in [0.25, 0.3) is 0 Å². The average molecular weight is 444 g/mol. The molecule has 7 nitrogen and oxygen atoms in total. The molecule has 0 radical (unpaired) electrons. The molecule has 0 spiro atoms. The molecule has 1 aromatic carbocycles. The normalized spacial score (nSPS) is 12.5. The maximum Gasteiger partial charge on any atom is 0.341 e. The van der Waals surface area contributed by atoms with Gasteiger partial charge in [-0.1, -0.05) is 12.1 Å². The molecular formula is C23H29N3O4S. The molecule has 1 heterocycles. The van der Waals surface area contributed by atoms with Crippen molar-refractivity contribution in [2.75, 3.05) is 37.4 Å². The zero-order valence-electron chi connectivity index (χ0n) is 18.5. The molecule has 166 valence electrons. The second-order valence-corrected chi connectivity index (χ2v) is 8.97. The zero-order valence-corrected chi connectivity index (χ0v) is 19.3. The number of hydrogen-bond acceptors (Lipinski definition) is 6. The van der Waals surface area contributed by atoms with Crippen molar-refractivity contribution < 1.29 is 19.1 Å². The van der Waals surface area contributed by atoms with Crippen molar-refractivity contribution in [3.8, 4) is 0 Å². The van der Waals surface area contributed by atoms with Crippen LogP contribution in [0.4, 0.5) is 10.7 Å². The molecule has 0 aliphatic heterocycles. The Morgan fingerprint density at radius 2 is 1.81 bits per heavy atom. The highest BCUT2D eigenvalue weighted by molar-refractivity contribution is 7.17. The van der Waals surface area contributed by atoms with Gasteiger partial charge in [-0.05, 0) is 69.8 Å². The number of aryl methyl sites for hydroxylation is 3. The van der Waals surface area contributed by atoms with E-state index in [0.29, 0.717) is 10.6 Å². The van der Waals surface area contributed by atoms with Crippen molar-refractivity contribution in [1.29, 1.82) is 0 Å². The molecule has 2 N–H and O–H groups in total. The fourth-order valence-corrected chi connectivity index (χ4v) is 4.98. The van der Waals surface area contributed by atoms with Gasteiger partial charge in [-0.25, -0.2) is 4.79 Å². The Kier molecular flexibility index (Phi) is 7.46. The summed E-state index contributed by atoms with van der Waals surface area (Å²) in [5, 5.41) is 6.30. The fourth-order valence-electron chi connectivity index (χ4n) is 3.68. The second-order valence-electron chi connectivity index (χ2n) is 7.87. The number of esters is 1. The fraction of sp³-hybridized carbons (Fsp3) is 0.435. The molecule has 0 atom stereocenters. The van der Waals surface area contributed by atoms with Crippen LogP contribution >= 0.6 is 11.3 Å². The topological polar surface area (TPSA) is 87.7 Å². The third-order valence-corrected chi connectivity index (χ3v) is 6.36. The number of likely N-dealkylation sites (N-methyl/N-ethyl adjacent to an activating group) is 1. The summed E-state index contributed by atoms with van der Waals surface area (Å²) in [7, 11) is 1.71. The highest BCUT2D eigenvalue weighted by Gasteiger charge is 2.28. The minimum atomic E-state index is -0.390. The molecule has 1 aliphatic rings. The first-order valence-electron chi connectivity index (χ1n) is 10.5. The van der Waals surface area contributed by atoms with Crippen molar-refractivity contribution in [2.45, 2.75) is 40.0 Å². The lowest BCUT2D eigenvalue weighted by atomic mass is 10.1. The molecule has 0 saturated carbocycles. The van der Waals surface area contributed by atoms with Crippen LogP contribution in [0.1, 0.15) is 45.3 Å². The van der Waals surface area contributed by atoms with Crippen LogP contribution in [-0.2, 0) is 27.2 Å². The molecule has 3 rings (SSSR count). The van der Waals surface area contributed by atoms with Crippen molar-refractivity contribution >= 4 is 39.8 Å². The van der Waals surface area contributed by atoms with Crippen molar-refractivity contribution in [2.24, 2.45) is 0 Å². The lowest BCUT2D eigenvalue weighted by Crippen LogP contribution is -2.36. The summed E-state index contributed by atoms with van der Waals surface area (Å²) in [6.45, 7) is 6.07. The van der Waals surface area contributed by atoms with E-state index in [2.05, 4.69) is 10.6 Å². The first-order chi connectivity index (χ1) is 14.8. The maximum atomic E-state index is 12.6. The van der Waals surface area contributed by atoms with E-state index >= 15 is 0 Å². The highest BCUT2D eigenvalue weighted by atomic mass is 32.1. The van der Waals surface area contributed by atoms with E-state index in [0.717, 1.165) is 46.5 Å².